The number of ether oxygens (including phenoxy) is 1. The highest BCUT2D eigenvalue weighted by molar-refractivity contribution is 9.10. The Hall–Kier alpha value is -1.26. The highest BCUT2D eigenvalue weighted by atomic mass is 79.9. The minimum atomic E-state index is 0.0661. The average molecular weight is 338 g/mol. The van der Waals surface area contributed by atoms with Gasteiger partial charge in [-0.25, -0.2) is 0 Å². The van der Waals surface area contributed by atoms with Gasteiger partial charge < -0.3 is 14.5 Å². The molecule has 0 radical (unpaired) electrons. The second-order valence-corrected chi connectivity index (χ2v) is 6.63. The lowest BCUT2D eigenvalue weighted by Crippen LogP contribution is -2.35. The van der Waals surface area contributed by atoms with Crippen LogP contribution in [0.2, 0.25) is 0 Å². The lowest BCUT2D eigenvalue weighted by Gasteiger charge is -2.20. The number of rotatable bonds is 5. The molecule has 0 bridgehead atoms. The van der Waals surface area contributed by atoms with Crippen molar-refractivity contribution in [3.05, 3.63) is 52.4 Å². The molecular weight excluding hydrogens is 318 g/mol. The van der Waals surface area contributed by atoms with Gasteiger partial charge in [0.2, 0.25) is 0 Å². The van der Waals surface area contributed by atoms with Crippen LogP contribution in [0.25, 0.3) is 0 Å². The molecule has 0 atom stereocenters. The van der Waals surface area contributed by atoms with Crippen LogP contribution in [0.4, 0.5) is 0 Å². The molecule has 0 fully saturated rings. The Bertz CT molecular complexity index is 540. The van der Waals surface area contributed by atoms with E-state index in [1.54, 1.807) is 6.26 Å². The van der Waals surface area contributed by atoms with Crippen molar-refractivity contribution in [1.29, 1.82) is 0 Å². The van der Waals surface area contributed by atoms with E-state index < -0.39 is 0 Å². The van der Waals surface area contributed by atoms with Crippen LogP contribution < -0.4 is 10.1 Å². The number of nitrogens with one attached hydrogen (secondary N) is 1. The summed E-state index contributed by atoms with van der Waals surface area (Å²) >= 11 is 3.41. The summed E-state index contributed by atoms with van der Waals surface area (Å²) in [6.07, 6.45) is 1.71. The van der Waals surface area contributed by atoms with Gasteiger partial charge in [-0.15, -0.1) is 0 Å². The summed E-state index contributed by atoms with van der Waals surface area (Å²) in [5.41, 5.74) is 1.14. The molecule has 0 aliphatic rings. The van der Waals surface area contributed by atoms with E-state index in [2.05, 4.69) is 42.0 Å². The van der Waals surface area contributed by atoms with Crippen molar-refractivity contribution in [3.8, 4) is 5.75 Å². The summed E-state index contributed by atoms with van der Waals surface area (Å²) in [4.78, 5) is 0. The van der Waals surface area contributed by atoms with E-state index in [0.717, 1.165) is 21.5 Å². The van der Waals surface area contributed by atoms with Gasteiger partial charge in [0.15, 0.2) is 0 Å². The Morgan fingerprint density at radius 2 is 1.85 bits per heavy atom. The maximum Gasteiger partial charge on any atom is 0.124 e. The molecule has 0 unspecified atom stereocenters. The van der Waals surface area contributed by atoms with Crippen molar-refractivity contribution in [2.24, 2.45) is 0 Å². The van der Waals surface area contributed by atoms with Gasteiger partial charge in [0.25, 0.3) is 0 Å². The van der Waals surface area contributed by atoms with Crippen molar-refractivity contribution in [2.75, 3.05) is 0 Å². The summed E-state index contributed by atoms with van der Waals surface area (Å²) in [5, 5.41) is 3.41. The van der Waals surface area contributed by atoms with Gasteiger partial charge in [-0.1, -0.05) is 15.9 Å². The van der Waals surface area contributed by atoms with E-state index >= 15 is 0 Å². The SMILES string of the molecule is CC(C)(C)NCc1occc1COc1ccc(Br)cc1. The maximum absolute atomic E-state index is 5.77. The molecule has 0 spiro atoms. The summed E-state index contributed by atoms with van der Waals surface area (Å²) in [5.74, 6) is 1.78. The summed E-state index contributed by atoms with van der Waals surface area (Å²) in [6.45, 7) is 7.62. The topological polar surface area (TPSA) is 34.4 Å². The molecule has 0 aliphatic carbocycles. The minimum absolute atomic E-state index is 0.0661. The predicted molar refractivity (Wildman–Crippen MR) is 83.8 cm³/mol. The van der Waals surface area contributed by atoms with E-state index in [1.807, 2.05) is 30.3 Å². The number of hydrogen-bond donors (Lipinski definition) is 1. The van der Waals surface area contributed by atoms with E-state index in [1.165, 1.54) is 0 Å². The number of halogens is 1. The average Bonchev–Trinajstić information content (AvgIpc) is 2.82. The Morgan fingerprint density at radius 1 is 1.15 bits per heavy atom. The van der Waals surface area contributed by atoms with Crippen LogP contribution in [-0.2, 0) is 13.2 Å². The minimum Gasteiger partial charge on any atom is -0.489 e. The van der Waals surface area contributed by atoms with Crippen molar-refractivity contribution < 1.29 is 9.15 Å². The van der Waals surface area contributed by atoms with E-state index in [4.69, 9.17) is 9.15 Å². The molecule has 2 aromatic rings. The Morgan fingerprint density at radius 3 is 2.50 bits per heavy atom. The first-order valence-electron chi connectivity index (χ1n) is 6.63. The molecule has 20 heavy (non-hydrogen) atoms. The molecule has 2 rings (SSSR count). The molecule has 0 amide bonds. The zero-order valence-corrected chi connectivity index (χ0v) is 13.7. The zero-order chi connectivity index (χ0) is 14.6. The smallest absolute Gasteiger partial charge is 0.124 e. The molecule has 1 aromatic carbocycles. The highest BCUT2D eigenvalue weighted by Crippen LogP contribution is 2.19. The molecule has 108 valence electrons. The lowest BCUT2D eigenvalue weighted by atomic mass is 10.1. The third-order valence-electron chi connectivity index (χ3n) is 2.82. The first kappa shape index (κ1) is 15.1. The molecule has 4 heteroatoms. The standard InChI is InChI=1S/C16H20BrNO2/c1-16(2,3)18-10-15-12(8-9-19-15)11-20-14-6-4-13(17)5-7-14/h4-9,18H,10-11H2,1-3H3. The van der Waals surface area contributed by atoms with Gasteiger partial charge in [0.1, 0.15) is 18.1 Å². The van der Waals surface area contributed by atoms with Crippen LogP contribution in [0.3, 0.4) is 0 Å². The predicted octanol–water partition coefficient (Wildman–Crippen LogP) is 4.51. The second kappa shape index (κ2) is 6.46. The number of benzene rings is 1. The van der Waals surface area contributed by atoms with E-state index in [-0.39, 0.29) is 5.54 Å². The fourth-order valence-electron chi connectivity index (χ4n) is 1.69. The summed E-state index contributed by atoms with van der Waals surface area (Å²) < 4.78 is 12.3. The Labute approximate surface area is 128 Å². The van der Waals surface area contributed by atoms with Gasteiger partial charge in [-0.3, -0.25) is 0 Å². The van der Waals surface area contributed by atoms with Gasteiger partial charge in [-0.05, 0) is 51.1 Å². The first-order chi connectivity index (χ1) is 9.44. The quantitative estimate of drug-likeness (QED) is 0.871. The summed E-state index contributed by atoms with van der Waals surface area (Å²) in [6, 6.07) is 9.77. The maximum atomic E-state index is 5.77. The monoisotopic (exact) mass is 337 g/mol. The molecule has 1 aromatic heterocycles. The molecular formula is C16H20BrNO2. The van der Waals surface area contributed by atoms with Crippen LogP contribution in [0, 0.1) is 0 Å². The second-order valence-electron chi connectivity index (χ2n) is 5.72. The fraction of sp³-hybridized carbons (Fsp3) is 0.375. The van der Waals surface area contributed by atoms with E-state index in [0.29, 0.717) is 13.2 Å². The third kappa shape index (κ3) is 4.69. The zero-order valence-electron chi connectivity index (χ0n) is 12.1. The molecule has 1 heterocycles. The number of furan rings is 1. The fourth-order valence-corrected chi connectivity index (χ4v) is 1.95. The van der Waals surface area contributed by atoms with Crippen LogP contribution in [0.1, 0.15) is 32.1 Å². The Balaban J connectivity index is 1.93. The van der Waals surface area contributed by atoms with Crippen molar-refractivity contribution in [1.82, 2.24) is 5.32 Å². The van der Waals surface area contributed by atoms with Crippen LogP contribution in [0.15, 0.2) is 45.5 Å². The van der Waals surface area contributed by atoms with E-state index in [9.17, 15) is 0 Å². The molecule has 1 N–H and O–H groups in total. The van der Waals surface area contributed by atoms with Gasteiger partial charge in [-0.2, -0.15) is 0 Å². The van der Waals surface area contributed by atoms with Crippen LogP contribution in [0.5, 0.6) is 5.75 Å². The van der Waals surface area contributed by atoms with Gasteiger partial charge in [0.05, 0.1) is 12.8 Å². The van der Waals surface area contributed by atoms with Crippen LogP contribution in [-0.4, -0.2) is 5.54 Å². The largest absolute Gasteiger partial charge is 0.489 e. The first-order valence-corrected chi connectivity index (χ1v) is 7.42. The van der Waals surface area contributed by atoms with Crippen LogP contribution >= 0.6 is 15.9 Å². The third-order valence-corrected chi connectivity index (χ3v) is 3.35. The van der Waals surface area contributed by atoms with Crippen molar-refractivity contribution >= 4 is 15.9 Å². The molecule has 3 nitrogen and oxygen atoms in total. The van der Waals surface area contributed by atoms with Crippen molar-refractivity contribution in [3.63, 3.8) is 0 Å². The van der Waals surface area contributed by atoms with Gasteiger partial charge >= 0.3 is 0 Å². The Kier molecular flexibility index (Phi) is 4.89. The number of hydrogen-bond acceptors (Lipinski definition) is 3. The van der Waals surface area contributed by atoms with Gasteiger partial charge in [0, 0.05) is 15.6 Å². The molecule has 0 saturated heterocycles. The normalized spacial score (nSPS) is 11.6. The molecule has 0 aliphatic heterocycles. The molecule has 0 saturated carbocycles. The summed E-state index contributed by atoms with van der Waals surface area (Å²) in [7, 11) is 0. The van der Waals surface area contributed by atoms with Crippen molar-refractivity contribution in [2.45, 2.75) is 39.5 Å². The highest BCUT2D eigenvalue weighted by Gasteiger charge is 2.12. The lowest BCUT2D eigenvalue weighted by molar-refractivity contribution is 0.299.